The van der Waals surface area contributed by atoms with Gasteiger partial charge in [0.25, 0.3) is 5.91 Å². The summed E-state index contributed by atoms with van der Waals surface area (Å²) in [4.78, 5) is 19.1. The first-order chi connectivity index (χ1) is 12.0. The molecule has 1 amide bonds. The van der Waals surface area contributed by atoms with Gasteiger partial charge in [0.15, 0.2) is 0 Å². The highest BCUT2D eigenvalue weighted by atomic mass is 19.4. The van der Waals surface area contributed by atoms with Crippen molar-refractivity contribution in [2.75, 3.05) is 5.32 Å². The number of amides is 1. The molecule has 2 aromatic heterocycles. The van der Waals surface area contributed by atoms with Crippen LogP contribution in [0.5, 0.6) is 0 Å². The third-order valence-corrected chi connectivity index (χ3v) is 3.28. The van der Waals surface area contributed by atoms with Crippen LogP contribution in [-0.2, 0) is 0 Å². The van der Waals surface area contributed by atoms with Crippen molar-refractivity contribution in [1.82, 2.24) is 15.3 Å². The van der Waals surface area contributed by atoms with Gasteiger partial charge in [-0.05, 0) is 31.2 Å². The van der Waals surface area contributed by atoms with Crippen LogP contribution >= 0.6 is 0 Å². The minimum Gasteiger partial charge on any atom is -0.332 e. The van der Waals surface area contributed by atoms with Gasteiger partial charge in [-0.3, -0.25) is 9.78 Å². The number of halogens is 6. The van der Waals surface area contributed by atoms with Crippen molar-refractivity contribution in [3.05, 3.63) is 54.0 Å². The number of pyridine rings is 2. The normalized spacial score (nSPS) is 12.6. The number of aromatic nitrogens is 2. The Bertz CT molecular complexity index is 762. The van der Waals surface area contributed by atoms with E-state index in [0.29, 0.717) is 0 Å². The molecule has 0 saturated carbocycles. The van der Waals surface area contributed by atoms with Crippen molar-refractivity contribution in [3.63, 3.8) is 0 Å². The predicted octanol–water partition coefficient (Wildman–Crippen LogP) is 3.45. The number of carbonyl (C=O) groups is 1. The van der Waals surface area contributed by atoms with Gasteiger partial charge in [-0.2, -0.15) is 26.3 Å². The number of alkyl halides is 6. The first-order valence-corrected chi connectivity index (χ1v) is 7.04. The van der Waals surface area contributed by atoms with Crippen LogP contribution in [-0.4, -0.2) is 33.9 Å². The lowest BCUT2D eigenvalue weighted by Crippen LogP contribution is -2.72. The molecule has 0 spiro atoms. The first-order valence-electron chi connectivity index (χ1n) is 7.04. The zero-order chi connectivity index (χ0) is 19.6. The molecule has 0 unspecified atom stereocenters. The molecule has 0 aromatic carbocycles. The summed E-state index contributed by atoms with van der Waals surface area (Å²) in [6.07, 6.45) is -9.78. The van der Waals surface area contributed by atoms with Crippen molar-refractivity contribution in [2.24, 2.45) is 0 Å². The van der Waals surface area contributed by atoms with Gasteiger partial charge in [-0.15, -0.1) is 0 Å². The number of hydrogen-bond donors (Lipinski definition) is 2. The van der Waals surface area contributed by atoms with Gasteiger partial charge < -0.3 is 10.6 Å². The highest BCUT2D eigenvalue weighted by molar-refractivity contribution is 5.94. The number of nitrogens with zero attached hydrogens (tertiary/aromatic N) is 2. The maximum Gasteiger partial charge on any atom is 0.439 e. The summed E-state index contributed by atoms with van der Waals surface area (Å²) in [6, 6.07) is 5.78. The smallest absolute Gasteiger partial charge is 0.332 e. The summed E-state index contributed by atoms with van der Waals surface area (Å²) < 4.78 is 81.0. The monoisotopic (exact) mass is 378 g/mol. The lowest BCUT2D eigenvalue weighted by atomic mass is 10.1. The Morgan fingerprint density at radius 2 is 1.65 bits per heavy atom. The summed E-state index contributed by atoms with van der Waals surface area (Å²) in [7, 11) is 0. The molecule has 0 aliphatic heterocycles. The Morgan fingerprint density at radius 3 is 2.15 bits per heavy atom. The van der Waals surface area contributed by atoms with Crippen LogP contribution in [0.2, 0.25) is 0 Å². The molecule has 0 saturated heterocycles. The van der Waals surface area contributed by atoms with Crippen molar-refractivity contribution in [2.45, 2.75) is 24.9 Å². The van der Waals surface area contributed by atoms with Crippen molar-refractivity contribution >= 4 is 11.7 Å². The number of aryl methyl sites for hydroxylation is 1. The molecular weight excluding hydrogens is 366 g/mol. The molecule has 0 aliphatic carbocycles. The van der Waals surface area contributed by atoms with Gasteiger partial charge in [0.2, 0.25) is 0 Å². The third kappa shape index (κ3) is 3.86. The van der Waals surface area contributed by atoms with Crippen LogP contribution in [0.25, 0.3) is 0 Å². The first kappa shape index (κ1) is 19.5. The Hall–Kier alpha value is -2.85. The van der Waals surface area contributed by atoms with Crippen LogP contribution in [0.15, 0.2) is 42.7 Å². The van der Waals surface area contributed by atoms with E-state index in [-0.39, 0.29) is 5.69 Å². The van der Waals surface area contributed by atoms with Gasteiger partial charge in [0.1, 0.15) is 5.82 Å². The maximum absolute atomic E-state index is 13.5. The van der Waals surface area contributed by atoms with E-state index in [2.05, 4.69) is 9.97 Å². The minimum atomic E-state index is -5.92. The molecule has 2 aromatic rings. The highest BCUT2D eigenvalue weighted by Gasteiger charge is 2.72. The molecule has 5 nitrogen and oxygen atoms in total. The second kappa shape index (κ2) is 6.81. The zero-order valence-corrected chi connectivity index (χ0v) is 13.1. The number of nitrogens with one attached hydrogen (secondary N) is 2. The van der Waals surface area contributed by atoms with Crippen LogP contribution in [0, 0.1) is 6.92 Å². The molecular formula is C15H12F6N4O. The van der Waals surface area contributed by atoms with E-state index in [4.69, 9.17) is 0 Å². The number of rotatable bonds is 4. The van der Waals surface area contributed by atoms with E-state index in [9.17, 15) is 31.1 Å². The molecule has 2 heterocycles. The van der Waals surface area contributed by atoms with Crippen LogP contribution in [0.3, 0.4) is 0 Å². The molecule has 0 bridgehead atoms. The summed E-state index contributed by atoms with van der Waals surface area (Å²) in [5.41, 5.74) is -5.02. The number of hydrogen-bond acceptors (Lipinski definition) is 4. The SMILES string of the molecule is Cc1cccc(NC(NC(=O)c2cccnc2)(C(F)(F)F)C(F)(F)F)n1. The number of carbonyl (C=O) groups excluding carboxylic acids is 1. The standard InChI is InChI=1S/C15H12F6N4O/c1-9-4-2-6-11(23-9)24-13(14(16,17)18,15(19,20)21)25-12(26)10-5-3-7-22-8-10/h2-8H,1H3,(H,23,24)(H,25,26). The molecule has 0 radical (unpaired) electrons. The molecule has 0 fully saturated rings. The lowest BCUT2D eigenvalue weighted by molar-refractivity contribution is -0.294. The van der Waals surface area contributed by atoms with Crippen LogP contribution in [0.4, 0.5) is 32.2 Å². The lowest BCUT2D eigenvalue weighted by Gasteiger charge is -2.38. The topological polar surface area (TPSA) is 66.9 Å². The molecule has 0 atom stereocenters. The second-order valence-corrected chi connectivity index (χ2v) is 5.23. The molecule has 11 heteroatoms. The van der Waals surface area contributed by atoms with E-state index in [1.807, 2.05) is 0 Å². The molecule has 0 aliphatic rings. The summed E-state index contributed by atoms with van der Waals surface area (Å²) in [5.74, 6) is -2.31. The predicted molar refractivity (Wildman–Crippen MR) is 79.1 cm³/mol. The Kier molecular flexibility index (Phi) is 5.10. The van der Waals surface area contributed by atoms with Gasteiger partial charge in [0.05, 0.1) is 5.56 Å². The highest BCUT2D eigenvalue weighted by Crippen LogP contribution is 2.43. The fraction of sp³-hybridized carbons (Fsp3) is 0.267. The van der Waals surface area contributed by atoms with Crippen LogP contribution in [0.1, 0.15) is 16.1 Å². The van der Waals surface area contributed by atoms with Crippen molar-refractivity contribution in [3.8, 4) is 0 Å². The molecule has 140 valence electrons. The fourth-order valence-electron chi connectivity index (χ4n) is 2.02. The zero-order valence-electron chi connectivity index (χ0n) is 13.1. The molecule has 26 heavy (non-hydrogen) atoms. The van der Waals surface area contributed by atoms with Crippen molar-refractivity contribution < 1.29 is 31.1 Å². The van der Waals surface area contributed by atoms with E-state index < -0.39 is 35.3 Å². The van der Waals surface area contributed by atoms with Gasteiger partial charge in [-0.25, -0.2) is 4.98 Å². The van der Waals surface area contributed by atoms with Gasteiger partial charge >= 0.3 is 18.0 Å². The Balaban J connectivity index is 2.51. The fourth-order valence-corrected chi connectivity index (χ4v) is 2.02. The van der Waals surface area contributed by atoms with E-state index in [0.717, 1.165) is 23.6 Å². The third-order valence-electron chi connectivity index (χ3n) is 3.28. The van der Waals surface area contributed by atoms with E-state index in [1.54, 1.807) is 0 Å². The van der Waals surface area contributed by atoms with E-state index in [1.165, 1.54) is 36.6 Å². The minimum absolute atomic E-state index is 0.187. The summed E-state index contributed by atoms with van der Waals surface area (Å²) >= 11 is 0. The summed E-state index contributed by atoms with van der Waals surface area (Å²) in [6.45, 7) is 1.39. The summed E-state index contributed by atoms with van der Waals surface area (Å²) in [5, 5.41) is 2.32. The number of anilines is 1. The quantitative estimate of drug-likeness (QED) is 0.632. The maximum atomic E-state index is 13.5. The van der Waals surface area contributed by atoms with E-state index >= 15 is 0 Å². The average molecular weight is 378 g/mol. The second-order valence-electron chi connectivity index (χ2n) is 5.23. The Labute approximate surface area is 143 Å². The van der Waals surface area contributed by atoms with Crippen molar-refractivity contribution in [1.29, 1.82) is 0 Å². The molecule has 2 rings (SSSR count). The molecule has 2 N–H and O–H groups in total. The van der Waals surface area contributed by atoms with Crippen LogP contribution < -0.4 is 10.6 Å². The largest absolute Gasteiger partial charge is 0.439 e. The Morgan fingerprint density at radius 1 is 1.00 bits per heavy atom. The average Bonchev–Trinajstić information content (AvgIpc) is 2.53. The van der Waals surface area contributed by atoms with Gasteiger partial charge in [0, 0.05) is 18.1 Å². The van der Waals surface area contributed by atoms with Gasteiger partial charge in [-0.1, -0.05) is 6.07 Å².